The molecule has 2 N–H and O–H groups in total. The van der Waals surface area contributed by atoms with Crippen molar-refractivity contribution in [1.29, 1.82) is 0 Å². The monoisotopic (exact) mass is 480 g/mol. The molecule has 35 heavy (non-hydrogen) atoms. The van der Waals surface area contributed by atoms with Crippen LogP contribution in [0.4, 0.5) is 4.79 Å². The molecule has 4 rings (SSSR count). The van der Waals surface area contributed by atoms with Crippen LogP contribution in [-0.4, -0.2) is 66.4 Å². The number of hydrogen-bond donors (Lipinski definition) is 2. The lowest BCUT2D eigenvalue weighted by molar-refractivity contribution is -0.141. The Morgan fingerprint density at radius 2 is 1.71 bits per heavy atom. The van der Waals surface area contributed by atoms with Crippen LogP contribution >= 0.6 is 0 Å². The third-order valence-electron chi connectivity index (χ3n) is 6.74. The average Bonchev–Trinajstić information content (AvgIpc) is 3.44. The molecule has 8 nitrogen and oxygen atoms in total. The van der Waals surface area contributed by atoms with Gasteiger partial charge in [-0.2, -0.15) is 0 Å². The highest BCUT2D eigenvalue weighted by Gasteiger charge is 2.38. The second kappa shape index (κ2) is 11.4. The maximum absolute atomic E-state index is 13.0. The van der Waals surface area contributed by atoms with E-state index in [1.807, 2.05) is 31.2 Å². The first-order valence-electron chi connectivity index (χ1n) is 12.2. The molecule has 1 aliphatic carbocycles. The van der Waals surface area contributed by atoms with E-state index in [9.17, 15) is 14.4 Å². The summed E-state index contributed by atoms with van der Waals surface area (Å²) in [6.45, 7) is 3.40. The summed E-state index contributed by atoms with van der Waals surface area (Å²) < 4.78 is 11.3. The number of aliphatic carboxylic acids is 1. The SMILES string of the molecule is CCN(CCCCC(=O)O)C(=O)[C@@H]1OCC[C@@H]1NC(=O)OCC1c2ccccc2-c2ccccc21. The Kier molecular flexibility index (Phi) is 8.02. The Balaban J connectivity index is 1.32. The molecule has 2 aliphatic rings. The fourth-order valence-corrected chi connectivity index (χ4v) is 4.96. The van der Waals surface area contributed by atoms with Gasteiger partial charge in [0.25, 0.3) is 5.91 Å². The standard InChI is InChI=1S/C27H32N2O6/c1-2-29(15-8-7-13-24(30)31)26(32)25-23(14-16-34-25)28-27(33)35-17-22-20-11-5-3-9-18(20)19-10-4-6-12-21(19)22/h3-6,9-12,22-23,25H,2,7-8,13-17H2,1H3,(H,28,33)(H,30,31)/t23-,25+/m0/s1. The van der Waals surface area contributed by atoms with Gasteiger partial charge >= 0.3 is 12.1 Å². The maximum Gasteiger partial charge on any atom is 0.407 e. The molecule has 2 aromatic carbocycles. The lowest BCUT2D eigenvalue weighted by atomic mass is 9.98. The normalized spacial score (nSPS) is 18.5. The molecule has 186 valence electrons. The van der Waals surface area contributed by atoms with Gasteiger partial charge in [0.05, 0.1) is 6.04 Å². The second-order valence-corrected chi connectivity index (χ2v) is 8.93. The minimum Gasteiger partial charge on any atom is -0.481 e. The Morgan fingerprint density at radius 1 is 1.06 bits per heavy atom. The van der Waals surface area contributed by atoms with E-state index in [1.165, 1.54) is 0 Å². The minimum atomic E-state index is -0.842. The molecule has 2 atom stereocenters. The number of nitrogens with zero attached hydrogens (tertiary/aromatic N) is 1. The third-order valence-corrected chi connectivity index (χ3v) is 6.74. The number of likely N-dealkylation sites (N-methyl/N-ethyl adjacent to an activating group) is 1. The van der Waals surface area contributed by atoms with E-state index in [1.54, 1.807) is 4.90 Å². The molecule has 0 spiro atoms. The maximum atomic E-state index is 13.0. The number of rotatable bonds is 10. The molecule has 1 aliphatic heterocycles. The fraction of sp³-hybridized carbons (Fsp3) is 0.444. The summed E-state index contributed by atoms with van der Waals surface area (Å²) >= 11 is 0. The predicted octanol–water partition coefficient (Wildman–Crippen LogP) is 3.79. The van der Waals surface area contributed by atoms with Gasteiger partial charge in [0.2, 0.25) is 0 Å². The van der Waals surface area contributed by atoms with Crippen molar-refractivity contribution < 1.29 is 29.0 Å². The molecule has 0 saturated carbocycles. The van der Waals surface area contributed by atoms with Crippen LogP contribution in [0.25, 0.3) is 11.1 Å². The largest absolute Gasteiger partial charge is 0.481 e. The first-order chi connectivity index (χ1) is 17.0. The average molecular weight is 481 g/mol. The quantitative estimate of drug-likeness (QED) is 0.502. The first-order valence-corrected chi connectivity index (χ1v) is 12.2. The van der Waals surface area contributed by atoms with Gasteiger partial charge in [-0.15, -0.1) is 0 Å². The lowest BCUT2D eigenvalue weighted by Gasteiger charge is -2.27. The molecule has 0 radical (unpaired) electrons. The molecular formula is C27H32N2O6. The summed E-state index contributed by atoms with van der Waals surface area (Å²) in [5.41, 5.74) is 4.60. The fourth-order valence-electron chi connectivity index (χ4n) is 4.96. The number of carbonyl (C=O) groups is 3. The number of nitrogens with one attached hydrogen (secondary N) is 1. The zero-order chi connectivity index (χ0) is 24.8. The van der Waals surface area contributed by atoms with Crippen LogP contribution < -0.4 is 5.32 Å². The van der Waals surface area contributed by atoms with Crippen molar-refractivity contribution in [2.45, 2.75) is 50.7 Å². The van der Waals surface area contributed by atoms with Crippen molar-refractivity contribution >= 4 is 18.0 Å². The van der Waals surface area contributed by atoms with Gasteiger partial charge < -0.3 is 24.8 Å². The minimum absolute atomic E-state index is 0.0354. The van der Waals surface area contributed by atoms with Crippen LogP contribution in [0.5, 0.6) is 0 Å². The predicted molar refractivity (Wildman–Crippen MR) is 130 cm³/mol. The molecule has 2 aromatic rings. The summed E-state index contributed by atoms with van der Waals surface area (Å²) in [5.74, 6) is -1.07. The summed E-state index contributed by atoms with van der Waals surface area (Å²) in [6, 6.07) is 15.8. The van der Waals surface area contributed by atoms with E-state index >= 15 is 0 Å². The van der Waals surface area contributed by atoms with Crippen molar-refractivity contribution in [1.82, 2.24) is 10.2 Å². The molecular weight excluding hydrogens is 448 g/mol. The Labute approximate surface area is 205 Å². The lowest BCUT2D eigenvalue weighted by Crippen LogP contribution is -2.50. The molecule has 1 fully saturated rings. The molecule has 1 heterocycles. The number of carboxylic acids is 1. The molecule has 1 saturated heterocycles. The smallest absolute Gasteiger partial charge is 0.407 e. The van der Waals surface area contributed by atoms with E-state index in [0.717, 1.165) is 22.3 Å². The Bertz CT molecular complexity index is 1030. The van der Waals surface area contributed by atoms with Crippen LogP contribution in [0.1, 0.15) is 49.7 Å². The van der Waals surface area contributed by atoms with Gasteiger partial charge in [-0.1, -0.05) is 48.5 Å². The topological polar surface area (TPSA) is 105 Å². The molecule has 2 amide bonds. The molecule has 0 aromatic heterocycles. The summed E-state index contributed by atoms with van der Waals surface area (Å²) in [4.78, 5) is 38.1. The summed E-state index contributed by atoms with van der Waals surface area (Å²) in [6.07, 6.45) is 0.379. The zero-order valence-corrected chi connectivity index (χ0v) is 19.9. The van der Waals surface area contributed by atoms with E-state index < -0.39 is 24.2 Å². The highest BCUT2D eigenvalue weighted by Crippen LogP contribution is 2.44. The number of unbranched alkanes of at least 4 members (excludes halogenated alkanes) is 1. The Hall–Kier alpha value is -3.39. The van der Waals surface area contributed by atoms with Crippen LogP contribution in [0.3, 0.4) is 0 Å². The van der Waals surface area contributed by atoms with E-state index in [0.29, 0.717) is 39.0 Å². The highest BCUT2D eigenvalue weighted by atomic mass is 16.6. The number of benzene rings is 2. The van der Waals surface area contributed by atoms with E-state index in [4.69, 9.17) is 14.6 Å². The van der Waals surface area contributed by atoms with Gasteiger partial charge in [-0.05, 0) is 48.4 Å². The van der Waals surface area contributed by atoms with E-state index in [-0.39, 0.29) is 24.9 Å². The number of fused-ring (bicyclic) bond motifs is 3. The van der Waals surface area contributed by atoms with Gasteiger partial charge in [-0.25, -0.2) is 4.79 Å². The van der Waals surface area contributed by atoms with Crippen LogP contribution in [0.2, 0.25) is 0 Å². The van der Waals surface area contributed by atoms with Gasteiger partial charge in [0, 0.05) is 32.0 Å². The van der Waals surface area contributed by atoms with Crippen LogP contribution in [0, 0.1) is 0 Å². The van der Waals surface area contributed by atoms with Gasteiger partial charge in [-0.3, -0.25) is 9.59 Å². The van der Waals surface area contributed by atoms with Crippen LogP contribution in [-0.2, 0) is 19.1 Å². The number of amides is 2. The Morgan fingerprint density at radius 3 is 2.34 bits per heavy atom. The molecule has 0 bridgehead atoms. The van der Waals surface area contributed by atoms with Crippen molar-refractivity contribution in [3.05, 3.63) is 59.7 Å². The number of alkyl carbamates (subject to hydrolysis) is 1. The number of hydrogen-bond acceptors (Lipinski definition) is 5. The van der Waals surface area contributed by atoms with Crippen LogP contribution in [0.15, 0.2) is 48.5 Å². The second-order valence-electron chi connectivity index (χ2n) is 8.93. The third kappa shape index (κ3) is 5.65. The van der Waals surface area contributed by atoms with Crippen molar-refractivity contribution in [3.8, 4) is 11.1 Å². The first kappa shape index (κ1) is 24.7. The highest BCUT2D eigenvalue weighted by molar-refractivity contribution is 5.83. The van der Waals surface area contributed by atoms with Gasteiger partial charge in [0.1, 0.15) is 6.61 Å². The van der Waals surface area contributed by atoms with Crippen molar-refractivity contribution in [2.75, 3.05) is 26.3 Å². The van der Waals surface area contributed by atoms with Crippen molar-refractivity contribution in [2.24, 2.45) is 0 Å². The number of carboxylic acid groups (broad SMARTS) is 1. The number of carbonyl (C=O) groups excluding carboxylic acids is 2. The zero-order valence-electron chi connectivity index (χ0n) is 19.9. The molecule has 8 heteroatoms. The number of ether oxygens (including phenoxy) is 2. The summed E-state index contributed by atoms with van der Waals surface area (Å²) in [5, 5.41) is 11.6. The molecule has 0 unspecified atom stereocenters. The van der Waals surface area contributed by atoms with Gasteiger partial charge in [0.15, 0.2) is 6.10 Å². The van der Waals surface area contributed by atoms with Crippen molar-refractivity contribution in [3.63, 3.8) is 0 Å². The van der Waals surface area contributed by atoms with E-state index in [2.05, 4.69) is 29.6 Å². The summed E-state index contributed by atoms with van der Waals surface area (Å²) in [7, 11) is 0.